The highest BCUT2D eigenvalue weighted by atomic mass is 15.5. The second-order valence-corrected chi connectivity index (χ2v) is 14.5. The van der Waals surface area contributed by atoms with Crippen LogP contribution < -0.4 is 14.9 Å². The van der Waals surface area contributed by atoms with Crippen molar-refractivity contribution in [2.24, 2.45) is 10.2 Å². The van der Waals surface area contributed by atoms with Crippen molar-refractivity contribution in [3.05, 3.63) is 151 Å². The van der Waals surface area contributed by atoms with E-state index in [0.717, 1.165) is 65.5 Å². The summed E-state index contributed by atoms with van der Waals surface area (Å²) >= 11 is 0. The fourth-order valence-electron chi connectivity index (χ4n) is 6.86. The predicted molar refractivity (Wildman–Crippen MR) is 240 cm³/mol. The van der Waals surface area contributed by atoms with Crippen LogP contribution in [0.2, 0.25) is 0 Å². The van der Waals surface area contributed by atoms with Crippen LogP contribution in [0, 0.1) is 0 Å². The lowest BCUT2D eigenvalue weighted by molar-refractivity contribution is 0.585. The monoisotopic (exact) mass is 734 g/mol. The molecule has 55 heavy (non-hydrogen) atoms. The average Bonchev–Trinajstić information content (AvgIpc) is 3.24. The molecule has 0 saturated carbocycles. The van der Waals surface area contributed by atoms with Crippen molar-refractivity contribution in [2.75, 3.05) is 28.0 Å². The molecular formula is C50H63N5. The zero-order chi connectivity index (χ0) is 38.2. The lowest BCUT2D eigenvalue weighted by Gasteiger charge is -2.25. The number of benzene rings is 5. The van der Waals surface area contributed by atoms with E-state index < -0.39 is 0 Å². The summed E-state index contributed by atoms with van der Waals surface area (Å²) in [6.07, 6.45) is 22.0. The molecule has 5 heteroatoms. The van der Waals surface area contributed by atoms with Crippen LogP contribution in [0.5, 0.6) is 0 Å². The number of hydrogen-bond donors (Lipinski definition) is 0. The van der Waals surface area contributed by atoms with Crippen LogP contribution in [-0.4, -0.2) is 25.5 Å². The molecule has 0 aliphatic heterocycles. The van der Waals surface area contributed by atoms with Gasteiger partial charge in [0.05, 0.1) is 23.8 Å². The van der Waals surface area contributed by atoms with E-state index in [1.807, 2.05) is 12.4 Å². The third-order valence-electron chi connectivity index (χ3n) is 10.1. The van der Waals surface area contributed by atoms with Gasteiger partial charge in [0.25, 0.3) is 0 Å². The van der Waals surface area contributed by atoms with Crippen LogP contribution >= 0.6 is 0 Å². The van der Waals surface area contributed by atoms with Gasteiger partial charge in [0, 0.05) is 30.2 Å². The summed E-state index contributed by atoms with van der Waals surface area (Å²) < 4.78 is 0. The maximum absolute atomic E-state index is 4.97. The Morgan fingerprint density at radius 1 is 0.345 bits per heavy atom. The Labute approximate surface area is 332 Å². The second-order valence-electron chi connectivity index (χ2n) is 14.5. The third kappa shape index (κ3) is 14.2. The quantitative estimate of drug-likeness (QED) is 0.0340. The van der Waals surface area contributed by atoms with Gasteiger partial charge in [-0.1, -0.05) is 170 Å². The summed E-state index contributed by atoms with van der Waals surface area (Å²) in [5.74, 6) is 0. The Balaban J connectivity index is 1.26. The van der Waals surface area contributed by atoms with Crippen molar-refractivity contribution in [3.8, 4) is 0 Å². The van der Waals surface area contributed by atoms with Crippen LogP contribution in [0.15, 0.2) is 150 Å². The largest absolute Gasteiger partial charge is 0.311 e. The topological polar surface area (TPSA) is 34.4 Å². The number of hydrogen-bond acceptors (Lipinski definition) is 5. The van der Waals surface area contributed by atoms with Crippen LogP contribution in [0.25, 0.3) is 0 Å². The highest BCUT2D eigenvalue weighted by Gasteiger charge is 2.13. The SMILES string of the molecule is CCCCCCCCCN(/N=C/c1ccc(N(c2ccccc2)c2ccc(/C=N/N(CCCCCCCCC)c3ccccc3)cc2)cc1)c1ccccc1. The Kier molecular flexibility index (Phi) is 18.1. The average molecular weight is 734 g/mol. The number of rotatable bonds is 25. The molecule has 0 radical (unpaired) electrons. The first-order valence-electron chi connectivity index (χ1n) is 21.0. The molecule has 288 valence electrons. The van der Waals surface area contributed by atoms with Crippen LogP contribution in [0.3, 0.4) is 0 Å². The highest BCUT2D eigenvalue weighted by molar-refractivity contribution is 5.85. The summed E-state index contributed by atoms with van der Waals surface area (Å²) in [7, 11) is 0. The summed E-state index contributed by atoms with van der Waals surface area (Å²) in [5, 5.41) is 14.2. The Bertz CT molecular complexity index is 1660. The molecule has 0 saturated heterocycles. The molecule has 0 aliphatic carbocycles. The van der Waals surface area contributed by atoms with E-state index in [2.05, 4.69) is 168 Å². The Hall–Kier alpha value is -5.16. The molecule has 0 aromatic heterocycles. The van der Waals surface area contributed by atoms with Crippen molar-refractivity contribution < 1.29 is 0 Å². The lowest BCUT2D eigenvalue weighted by atomic mass is 10.1. The van der Waals surface area contributed by atoms with E-state index in [4.69, 9.17) is 10.2 Å². The minimum Gasteiger partial charge on any atom is -0.311 e. The third-order valence-corrected chi connectivity index (χ3v) is 10.1. The molecule has 0 spiro atoms. The normalized spacial score (nSPS) is 11.4. The summed E-state index contributed by atoms with van der Waals surface area (Å²) in [4.78, 5) is 2.30. The molecule has 0 atom stereocenters. The first-order chi connectivity index (χ1) is 27.2. The van der Waals surface area contributed by atoms with Crippen molar-refractivity contribution >= 4 is 40.9 Å². The van der Waals surface area contributed by atoms with Gasteiger partial charge in [-0.2, -0.15) is 10.2 Å². The lowest BCUT2D eigenvalue weighted by Crippen LogP contribution is -2.18. The molecule has 0 unspecified atom stereocenters. The van der Waals surface area contributed by atoms with Gasteiger partial charge in [-0.15, -0.1) is 0 Å². The molecule has 5 rings (SSSR count). The predicted octanol–water partition coefficient (Wildman–Crippen LogP) is 14.3. The summed E-state index contributed by atoms with van der Waals surface area (Å²) in [6, 6.07) is 49.1. The van der Waals surface area contributed by atoms with Crippen LogP contribution in [0.4, 0.5) is 28.4 Å². The van der Waals surface area contributed by atoms with Gasteiger partial charge >= 0.3 is 0 Å². The minimum absolute atomic E-state index is 0.915. The molecular weight excluding hydrogens is 671 g/mol. The molecule has 0 aliphatic rings. The zero-order valence-corrected chi connectivity index (χ0v) is 33.5. The van der Waals surface area contributed by atoms with E-state index in [1.54, 1.807) is 0 Å². The fourth-order valence-corrected chi connectivity index (χ4v) is 6.86. The van der Waals surface area contributed by atoms with Gasteiger partial charge in [-0.3, -0.25) is 10.0 Å². The van der Waals surface area contributed by atoms with Gasteiger partial charge < -0.3 is 4.90 Å². The van der Waals surface area contributed by atoms with E-state index in [1.165, 1.54) is 77.0 Å². The maximum Gasteiger partial charge on any atom is 0.0593 e. The first kappa shape index (κ1) is 41.0. The molecule has 0 bridgehead atoms. The fraction of sp³-hybridized carbons (Fsp3) is 0.360. The number of nitrogens with zero attached hydrogens (tertiary/aromatic N) is 5. The van der Waals surface area contributed by atoms with Crippen molar-refractivity contribution in [1.29, 1.82) is 0 Å². The summed E-state index contributed by atoms with van der Waals surface area (Å²) in [5.41, 5.74) is 7.71. The molecule has 5 nitrogen and oxygen atoms in total. The van der Waals surface area contributed by atoms with E-state index in [9.17, 15) is 0 Å². The maximum atomic E-state index is 4.97. The van der Waals surface area contributed by atoms with Crippen LogP contribution in [0.1, 0.15) is 115 Å². The smallest absolute Gasteiger partial charge is 0.0593 e. The van der Waals surface area contributed by atoms with Gasteiger partial charge in [-0.25, -0.2) is 0 Å². The summed E-state index contributed by atoms with van der Waals surface area (Å²) in [6.45, 7) is 6.38. The van der Waals surface area contributed by atoms with Gasteiger partial charge in [0.15, 0.2) is 0 Å². The van der Waals surface area contributed by atoms with Crippen molar-refractivity contribution in [1.82, 2.24) is 0 Å². The number of unbranched alkanes of at least 4 members (excludes halogenated alkanes) is 12. The Morgan fingerprint density at radius 3 is 1.02 bits per heavy atom. The van der Waals surface area contributed by atoms with Crippen molar-refractivity contribution in [3.63, 3.8) is 0 Å². The number of anilines is 5. The molecule has 0 fully saturated rings. The van der Waals surface area contributed by atoms with E-state index in [-0.39, 0.29) is 0 Å². The standard InChI is InChI=1S/C50H63N5/c1-3-5-7-9-11-13-24-40-53(46-26-18-15-19-27-46)51-42-44-32-36-49(37-33-44)55(48-30-22-17-23-31-48)50-38-34-45(35-39-50)43-52-54(47-28-20-16-21-29-47)41-25-14-12-10-8-6-4-2/h15-23,26-39,42-43H,3-14,24-25,40-41H2,1-2H3/b51-42+,52-43+. The number of hydrazone groups is 2. The van der Waals surface area contributed by atoms with Crippen LogP contribution in [-0.2, 0) is 0 Å². The van der Waals surface area contributed by atoms with Gasteiger partial charge in [0.2, 0.25) is 0 Å². The number of para-hydroxylation sites is 3. The Morgan fingerprint density at radius 2 is 0.655 bits per heavy atom. The second kappa shape index (κ2) is 24.3. The van der Waals surface area contributed by atoms with E-state index >= 15 is 0 Å². The molecule has 0 amide bonds. The molecule has 5 aromatic rings. The molecule has 0 heterocycles. The minimum atomic E-state index is 0.915. The van der Waals surface area contributed by atoms with Gasteiger partial charge in [-0.05, 0) is 84.6 Å². The first-order valence-corrected chi connectivity index (χ1v) is 21.0. The zero-order valence-electron chi connectivity index (χ0n) is 33.5. The molecule has 5 aromatic carbocycles. The van der Waals surface area contributed by atoms with E-state index in [0.29, 0.717) is 0 Å². The van der Waals surface area contributed by atoms with Crippen molar-refractivity contribution in [2.45, 2.75) is 104 Å². The molecule has 0 N–H and O–H groups in total. The van der Waals surface area contributed by atoms with Gasteiger partial charge in [0.1, 0.15) is 0 Å². The highest BCUT2D eigenvalue weighted by Crippen LogP contribution is 2.34.